The quantitative estimate of drug-likeness (QED) is 0.0228. The van der Waals surface area contributed by atoms with E-state index in [9.17, 15) is 34.5 Å². The normalized spacial score (nSPS) is 18.8. The molecule has 0 aliphatic carbocycles. The molecule has 1 saturated heterocycles. The van der Waals surface area contributed by atoms with Crippen molar-refractivity contribution >= 4 is 23.9 Å². The van der Waals surface area contributed by atoms with Gasteiger partial charge in [-0.3, -0.25) is 14.4 Å². The van der Waals surface area contributed by atoms with Crippen molar-refractivity contribution in [2.45, 2.75) is 276 Å². The van der Waals surface area contributed by atoms with Gasteiger partial charge in [0, 0.05) is 19.3 Å². The summed E-state index contributed by atoms with van der Waals surface area (Å²) < 4.78 is 28.4. The Labute approximate surface area is 454 Å². The molecule has 428 valence electrons. The van der Waals surface area contributed by atoms with Crippen molar-refractivity contribution < 1.29 is 58.2 Å². The summed E-state index contributed by atoms with van der Waals surface area (Å²) in [6.45, 7) is 5.79. The van der Waals surface area contributed by atoms with Crippen LogP contribution in [0.25, 0.3) is 0 Å². The van der Waals surface area contributed by atoms with Gasteiger partial charge in [0.1, 0.15) is 18.8 Å². The van der Waals surface area contributed by atoms with Gasteiger partial charge in [0.15, 0.2) is 24.6 Å². The molecule has 6 atom stereocenters. The molecule has 0 aromatic heterocycles. The fourth-order valence-electron chi connectivity index (χ4n) is 8.42. The monoisotopic (exact) mass is 1050 g/mol. The van der Waals surface area contributed by atoms with Crippen LogP contribution in [0.4, 0.5) is 0 Å². The third-order valence-electron chi connectivity index (χ3n) is 13.0. The molecule has 0 bridgehead atoms. The maximum Gasteiger partial charge on any atom is 0.335 e. The molecule has 0 saturated carbocycles. The Morgan fingerprint density at radius 2 is 0.840 bits per heavy atom. The van der Waals surface area contributed by atoms with Gasteiger partial charge in [-0.05, 0) is 96.3 Å². The maximum absolute atomic E-state index is 13.1. The Morgan fingerprint density at radius 1 is 0.453 bits per heavy atom. The standard InChI is InChI=1S/C63H104O12/c1-4-7-10-13-16-19-22-24-26-27-28-29-31-32-35-37-40-43-46-49-55(64)71-52-54(73-56(65)50-47-44-41-39-36-33-30-25-23-20-17-14-11-8-5-2)53-72-63-61(59(68)58(67)60(75-63)62(69)70)74-57(66)51-48-45-42-38-34-21-18-15-12-9-6-3/h7,10,16-17,19-20,24-26,28-30,32,35,54,58-61,63,67-68H,4-6,8-9,11-15,18,21-23,27,31,33-34,36-53H2,1-3H3,(H,69,70)/b10-7-,19-16-,20-17-,26-24-,29-28-,30-25-,35-32-. The lowest BCUT2D eigenvalue weighted by Gasteiger charge is -2.40. The van der Waals surface area contributed by atoms with Crippen LogP contribution in [0.2, 0.25) is 0 Å². The predicted octanol–water partition coefficient (Wildman–Crippen LogP) is 15.1. The Hall–Kier alpha value is -4.10. The Bertz CT molecular complexity index is 1630. The number of rotatable bonds is 49. The van der Waals surface area contributed by atoms with Crippen molar-refractivity contribution in [3.05, 3.63) is 85.1 Å². The lowest BCUT2D eigenvalue weighted by atomic mass is 9.98. The number of aliphatic hydroxyl groups is 2. The number of carboxylic acids is 1. The first-order valence-electron chi connectivity index (χ1n) is 29.6. The van der Waals surface area contributed by atoms with Crippen LogP contribution in [0.1, 0.15) is 239 Å². The van der Waals surface area contributed by atoms with Crippen LogP contribution in [0.5, 0.6) is 0 Å². The van der Waals surface area contributed by atoms with E-state index in [1.54, 1.807) is 0 Å². The first-order chi connectivity index (χ1) is 36.6. The fraction of sp³-hybridized carbons (Fsp3) is 0.714. The van der Waals surface area contributed by atoms with Gasteiger partial charge in [0.05, 0.1) is 6.61 Å². The number of allylic oxidation sites excluding steroid dienone is 14. The molecule has 1 aliphatic rings. The van der Waals surface area contributed by atoms with E-state index in [1.807, 2.05) is 0 Å². The van der Waals surface area contributed by atoms with Crippen LogP contribution in [-0.2, 0) is 42.9 Å². The first kappa shape index (κ1) is 68.9. The van der Waals surface area contributed by atoms with Gasteiger partial charge in [-0.2, -0.15) is 0 Å². The molecule has 0 spiro atoms. The number of aliphatic hydroxyl groups excluding tert-OH is 2. The van der Waals surface area contributed by atoms with Crippen molar-refractivity contribution in [1.82, 2.24) is 0 Å². The highest BCUT2D eigenvalue weighted by molar-refractivity contribution is 5.74. The van der Waals surface area contributed by atoms with E-state index in [2.05, 4.69) is 106 Å². The number of carbonyl (C=O) groups is 4. The summed E-state index contributed by atoms with van der Waals surface area (Å²) in [4.78, 5) is 51.1. The molecule has 75 heavy (non-hydrogen) atoms. The SMILES string of the molecule is CC/C=C\C/C=C\C/C=C\C/C=C\C/C=C\CCCCCC(=O)OCC(COC1OC(C(=O)O)C(O)C(O)C1OC(=O)CCCCCCCCCCCCC)OC(=O)CCCCCCC/C=C\C/C=C\CCCCC. The molecule has 1 fully saturated rings. The number of hydrogen-bond donors (Lipinski definition) is 3. The highest BCUT2D eigenvalue weighted by Crippen LogP contribution is 2.26. The van der Waals surface area contributed by atoms with Crippen molar-refractivity contribution in [3.8, 4) is 0 Å². The number of hydrogen-bond acceptors (Lipinski definition) is 11. The second-order valence-electron chi connectivity index (χ2n) is 19.9. The number of unbranched alkanes of at least 4 members (excludes halogenated alkanes) is 21. The van der Waals surface area contributed by atoms with Crippen LogP contribution >= 0.6 is 0 Å². The Balaban J connectivity index is 2.72. The smallest absolute Gasteiger partial charge is 0.335 e. The zero-order chi connectivity index (χ0) is 54.7. The lowest BCUT2D eigenvalue weighted by molar-refractivity contribution is -0.301. The predicted molar refractivity (Wildman–Crippen MR) is 303 cm³/mol. The summed E-state index contributed by atoms with van der Waals surface area (Å²) in [6, 6.07) is 0. The second-order valence-corrected chi connectivity index (χ2v) is 19.9. The van der Waals surface area contributed by atoms with Crippen molar-refractivity contribution in [2.75, 3.05) is 13.2 Å². The van der Waals surface area contributed by atoms with Gasteiger partial charge < -0.3 is 39.0 Å². The lowest BCUT2D eigenvalue weighted by Crippen LogP contribution is -2.61. The average molecular weight is 1050 g/mol. The number of aliphatic carboxylic acids is 1. The molecule has 0 radical (unpaired) electrons. The molecular formula is C63H104O12. The third kappa shape index (κ3) is 40.8. The van der Waals surface area contributed by atoms with Crippen LogP contribution in [0, 0.1) is 0 Å². The molecule has 12 nitrogen and oxygen atoms in total. The van der Waals surface area contributed by atoms with Crippen LogP contribution in [0.15, 0.2) is 85.1 Å². The third-order valence-corrected chi connectivity index (χ3v) is 13.0. The largest absolute Gasteiger partial charge is 0.479 e. The van der Waals surface area contributed by atoms with Gasteiger partial charge in [-0.25, -0.2) is 4.79 Å². The van der Waals surface area contributed by atoms with E-state index in [0.717, 1.165) is 122 Å². The van der Waals surface area contributed by atoms with Gasteiger partial charge in [-0.15, -0.1) is 0 Å². The Kier molecular flexibility index (Phi) is 46.6. The molecule has 1 aliphatic heterocycles. The number of carbonyl (C=O) groups excluding carboxylic acids is 3. The number of carboxylic acid groups (broad SMARTS) is 1. The zero-order valence-corrected chi connectivity index (χ0v) is 47.0. The maximum atomic E-state index is 13.1. The van der Waals surface area contributed by atoms with E-state index in [-0.39, 0.29) is 25.9 Å². The first-order valence-corrected chi connectivity index (χ1v) is 29.6. The summed E-state index contributed by atoms with van der Waals surface area (Å²) in [5.74, 6) is -3.18. The fourth-order valence-corrected chi connectivity index (χ4v) is 8.42. The average Bonchev–Trinajstić information content (AvgIpc) is 3.39. The van der Waals surface area contributed by atoms with Gasteiger partial charge in [-0.1, -0.05) is 209 Å². The molecule has 0 amide bonds. The molecule has 0 aromatic carbocycles. The highest BCUT2D eigenvalue weighted by Gasteiger charge is 2.50. The topological polar surface area (TPSA) is 175 Å². The molecule has 0 aromatic rings. The summed E-state index contributed by atoms with van der Waals surface area (Å²) in [5, 5.41) is 31.4. The van der Waals surface area contributed by atoms with Crippen molar-refractivity contribution in [3.63, 3.8) is 0 Å². The van der Waals surface area contributed by atoms with E-state index in [4.69, 9.17) is 23.7 Å². The molecule has 1 heterocycles. The molecule has 1 rings (SSSR count). The minimum Gasteiger partial charge on any atom is -0.479 e. The molecule has 6 unspecified atom stereocenters. The summed E-state index contributed by atoms with van der Waals surface area (Å²) in [5.41, 5.74) is 0. The van der Waals surface area contributed by atoms with Gasteiger partial charge >= 0.3 is 23.9 Å². The Morgan fingerprint density at radius 3 is 1.32 bits per heavy atom. The van der Waals surface area contributed by atoms with Crippen LogP contribution < -0.4 is 0 Å². The van der Waals surface area contributed by atoms with Crippen molar-refractivity contribution in [2.24, 2.45) is 0 Å². The summed E-state index contributed by atoms with van der Waals surface area (Å²) in [6.07, 6.45) is 52.7. The van der Waals surface area contributed by atoms with Gasteiger partial charge in [0.25, 0.3) is 0 Å². The minimum atomic E-state index is -1.91. The molecular weight excluding hydrogens is 949 g/mol. The summed E-state index contributed by atoms with van der Waals surface area (Å²) in [7, 11) is 0. The number of esters is 3. The second kappa shape index (κ2) is 50.7. The van der Waals surface area contributed by atoms with Crippen LogP contribution in [0.3, 0.4) is 0 Å². The van der Waals surface area contributed by atoms with E-state index < -0.39 is 67.3 Å². The zero-order valence-electron chi connectivity index (χ0n) is 47.0. The molecule has 3 N–H and O–H groups in total. The van der Waals surface area contributed by atoms with E-state index >= 15 is 0 Å². The minimum absolute atomic E-state index is 0.0547. The number of ether oxygens (including phenoxy) is 5. The van der Waals surface area contributed by atoms with Crippen LogP contribution in [-0.4, -0.2) is 89.2 Å². The van der Waals surface area contributed by atoms with Crippen molar-refractivity contribution in [1.29, 1.82) is 0 Å². The van der Waals surface area contributed by atoms with E-state index in [1.165, 1.54) is 57.8 Å². The van der Waals surface area contributed by atoms with E-state index in [0.29, 0.717) is 19.3 Å². The highest BCUT2D eigenvalue weighted by atomic mass is 16.7. The molecule has 12 heteroatoms. The van der Waals surface area contributed by atoms with Gasteiger partial charge in [0.2, 0.25) is 0 Å². The summed E-state index contributed by atoms with van der Waals surface area (Å²) >= 11 is 0.